The highest BCUT2D eigenvalue weighted by Crippen LogP contribution is 2.38. The first-order valence-electron chi connectivity index (χ1n) is 11.9. The summed E-state index contributed by atoms with van der Waals surface area (Å²) in [7, 11) is -2.80. The van der Waals surface area contributed by atoms with E-state index >= 15 is 0 Å². The van der Waals surface area contributed by atoms with E-state index in [9.17, 15) is 0 Å². The molecule has 0 bridgehead atoms. The van der Waals surface area contributed by atoms with Gasteiger partial charge in [0, 0.05) is 0 Å². The first kappa shape index (κ1) is 23.3. The first-order chi connectivity index (χ1) is 13.9. The zero-order valence-corrected chi connectivity index (χ0v) is 22.9. The molecule has 30 heavy (non-hydrogen) atoms. The van der Waals surface area contributed by atoms with Crippen molar-refractivity contribution in [1.82, 2.24) is 0 Å². The Labute approximate surface area is 187 Å². The molecule has 0 spiro atoms. The van der Waals surface area contributed by atoms with Gasteiger partial charge in [0.1, 0.15) is 0 Å². The van der Waals surface area contributed by atoms with Gasteiger partial charge >= 0.3 is 0 Å². The molecule has 0 heterocycles. The highest BCUT2D eigenvalue weighted by Gasteiger charge is 2.26. The number of allylic oxidation sites excluding steroid dienone is 1. The SMILES string of the molecule is CCCc1ccc2c(c1-c1cc([Si](C)(C)C)cc([Si](C)(C)C)c1)C=C(CC(C)C)C2. The van der Waals surface area contributed by atoms with Crippen LogP contribution < -0.4 is 10.4 Å². The molecule has 0 aliphatic heterocycles. The van der Waals surface area contributed by atoms with Gasteiger partial charge in [-0.3, -0.25) is 0 Å². The van der Waals surface area contributed by atoms with Gasteiger partial charge in [0.2, 0.25) is 0 Å². The lowest BCUT2D eigenvalue weighted by Crippen LogP contribution is -2.45. The maximum Gasteiger partial charge on any atom is 0.0776 e. The number of rotatable bonds is 7. The van der Waals surface area contributed by atoms with Crippen LogP contribution in [0.15, 0.2) is 35.9 Å². The van der Waals surface area contributed by atoms with Crippen LogP contribution >= 0.6 is 0 Å². The highest BCUT2D eigenvalue weighted by molar-refractivity contribution is 6.91. The van der Waals surface area contributed by atoms with E-state index in [2.05, 4.69) is 96.5 Å². The standard InChI is InChI=1S/C28H42Si2/c1-10-11-22-12-13-23-15-21(14-20(2)3)16-27(23)28(22)24-17-25(29(4,5)6)19-26(18-24)30(7,8)9/h12-13,16-20H,10-11,14-15H2,1-9H3. The Hall–Kier alpha value is -1.39. The third kappa shape index (κ3) is 5.08. The summed E-state index contributed by atoms with van der Waals surface area (Å²) in [5.74, 6) is 0.720. The lowest BCUT2D eigenvalue weighted by atomic mass is 9.90. The second-order valence-electron chi connectivity index (χ2n) is 11.8. The summed E-state index contributed by atoms with van der Waals surface area (Å²) in [6, 6.07) is 12.5. The summed E-state index contributed by atoms with van der Waals surface area (Å²) < 4.78 is 0. The molecule has 1 aliphatic carbocycles. The normalized spacial score (nSPS) is 14.3. The Kier molecular flexibility index (Phi) is 6.69. The molecule has 0 nitrogen and oxygen atoms in total. The lowest BCUT2D eigenvalue weighted by molar-refractivity contribution is 0.638. The third-order valence-electron chi connectivity index (χ3n) is 6.33. The molecule has 0 fully saturated rings. The number of fused-ring (bicyclic) bond motifs is 1. The van der Waals surface area contributed by atoms with E-state index in [1.54, 1.807) is 15.9 Å². The molecule has 162 valence electrons. The van der Waals surface area contributed by atoms with Gasteiger partial charge in [-0.15, -0.1) is 0 Å². The fourth-order valence-corrected chi connectivity index (χ4v) is 7.14. The van der Waals surface area contributed by atoms with E-state index < -0.39 is 16.1 Å². The smallest absolute Gasteiger partial charge is 0.0656 e. The molecular formula is C28H42Si2. The largest absolute Gasteiger partial charge is 0.0776 e. The number of aryl methyl sites for hydroxylation is 1. The summed E-state index contributed by atoms with van der Waals surface area (Å²) in [5.41, 5.74) is 9.22. The van der Waals surface area contributed by atoms with Crippen molar-refractivity contribution in [2.75, 3.05) is 0 Å². The van der Waals surface area contributed by atoms with Gasteiger partial charge in [-0.05, 0) is 53.0 Å². The van der Waals surface area contributed by atoms with Crippen LogP contribution in [-0.2, 0) is 12.8 Å². The van der Waals surface area contributed by atoms with Crippen molar-refractivity contribution in [1.29, 1.82) is 0 Å². The Balaban J connectivity index is 2.27. The minimum atomic E-state index is -1.40. The van der Waals surface area contributed by atoms with Crippen LogP contribution in [-0.4, -0.2) is 16.1 Å². The quantitative estimate of drug-likeness (QED) is 0.399. The van der Waals surface area contributed by atoms with Gasteiger partial charge in [0.05, 0.1) is 16.1 Å². The predicted octanol–water partition coefficient (Wildman–Crippen LogP) is 7.38. The zero-order valence-electron chi connectivity index (χ0n) is 20.9. The van der Waals surface area contributed by atoms with Crippen molar-refractivity contribution in [2.45, 2.75) is 85.7 Å². The van der Waals surface area contributed by atoms with Crippen molar-refractivity contribution in [3.8, 4) is 11.1 Å². The van der Waals surface area contributed by atoms with Crippen LogP contribution in [0.4, 0.5) is 0 Å². The minimum Gasteiger partial charge on any atom is -0.0656 e. The van der Waals surface area contributed by atoms with Gasteiger partial charge in [-0.1, -0.05) is 119 Å². The molecule has 0 N–H and O–H groups in total. The molecule has 0 amide bonds. The van der Waals surface area contributed by atoms with E-state index in [1.807, 2.05) is 0 Å². The molecule has 0 saturated carbocycles. The molecule has 0 radical (unpaired) electrons. The van der Waals surface area contributed by atoms with E-state index in [0.29, 0.717) is 0 Å². The minimum absolute atomic E-state index is 0.720. The molecule has 0 atom stereocenters. The van der Waals surface area contributed by atoms with Gasteiger partial charge < -0.3 is 0 Å². The van der Waals surface area contributed by atoms with Crippen molar-refractivity contribution in [3.63, 3.8) is 0 Å². The maximum atomic E-state index is 2.56. The van der Waals surface area contributed by atoms with Crippen LogP contribution in [0.5, 0.6) is 0 Å². The van der Waals surface area contributed by atoms with E-state index in [-0.39, 0.29) is 0 Å². The Morgan fingerprint density at radius 3 is 1.97 bits per heavy atom. The van der Waals surface area contributed by atoms with E-state index in [4.69, 9.17) is 0 Å². The first-order valence-corrected chi connectivity index (χ1v) is 18.9. The fraction of sp³-hybridized carbons (Fsp3) is 0.500. The predicted molar refractivity (Wildman–Crippen MR) is 143 cm³/mol. The monoisotopic (exact) mass is 434 g/mol. The van der Waals surface area contributed by atoms with Crippen LogP contribution in [0.1, 0.15) is 50.3 Å². The molecule has 1 aliphatic rings. The van der Waals surface area contributed by atoms with Crippen molar-refractivity contribution in [2.24, 2.45) is 5.92 Å². The lowest BCUT2D eigenvalue weighted by Gasteiger charge is -2.25. The van der Waals surface area contributed by atoms with Crippen LogP contribution in [0.25, 0.3) is 17.2 Å². The molecule has 2 heteroatoms. The summed E-state index contributed by atoms with van der Waals surface area (Å²) in [4.78, 5) is 0. The number of benzene rings is 2. The van der Waals surface area contributed by atoms with Crippen molar-refractivity contribution < 1.29 is 0 Å². The highest BCUT2D eigenvalue weighted by atomic mass is 28.3. The number of hydrogen-bond donors (Lipinski definition) is 0. The summed E-state index contributed by atoms with van der Waals surface area (Å²) >= 11 is 0. The van der Waals surface area contributed by atoms with Gasteiger partial charge in [0.15, 0.2) is 0 Å². The van der Waals surface area contributed by atoms with E-state index in [0.717, 1.165) is 18.8 Å². The molecule has 0 saturated heterocycles. The van der Waals surface area contributed by atoms with Crippen LogP contribution in [0, 0.1) is 5.92 Å². The maximum absolute atomic E-state index is 2.56. The molecule has 2 aromatic rings. The zero-order chi connectivity index (χ0) is 22.3. The van der Waals surface area contributed by atoms with Crippen molar-refractivity contribution >= 4 is 32.6 Å². The molecule has 0 aromatic heterocycles. The Morgan fingerprint density at radius 1 is 0.867 bits per heavy atom. The Morgan fingerprint density at radius 2 is 1.47 bits per heavy atom. The van der Waals surface area contributed by atoms with Gasteiger partial charge in [-0.2, -0.15) is 0 Å². The summed E-state index contributed by atoms with van der Waals surface area (Å²) in [6.07, 6.45) is 7.26. The van der Waals surface area contributed by atoms with Crippen LogP contribution in [0.2, 0.25) is 39.3 Å². The average molecular weight is 435 g/mol. The van der Waals surface area contributed by atoms with Gasteiger partial charge in [-0.25, -0.2) is 0 Å². The van der Waals surface area contributed by atoms with Gasteiger partial charge in [0.25, 0.3) is 0 Å². The van der Waals surface area contributed by atoms with E-state index in [1.165, 1.54) is 40.7 Å². The molecule has 3 rings (SSSR count). The molecule has 0 unspecified atom stereocenters. The number of hydrogen-bond acceptors (Lipinski definition) is 0. The van der Waals surface area contributed by atoms with Crippen LogP contribution in [0.3, 0.4) is 0 Å². The second-order valence-corrected chi connectivity index (χ2v) is 22.0. The summed E-state index contributed by atoms with van der Waals surface area (Å²) in [5, 5.41) is 3.23. The third-order valence-corrected chi connectivity index (χ3v) is 10.4. The van der Waals surface area contributed by atoms with Crippen molar-refractivity contribution in [3.05, 3.63) is 52.6 Å². The second kappa shape index (κ2) is 8.63. The fourth-order valence-electron chi connectivity index (χ4n) is 4.64. The topological polar surface area (TPSA) is 0 Å². The average Bonchev–Trinajstić information content (AvgIpc) is 3.01. The Bertz CT molecular complexity index is 918. The summed E-state index contributed by atoms with van der Waals surface area (Å²) in [6.45, 7) is 21.9. The molecule has 2 aromatic carbocycles. The molecular weight excluding hydrogens is 392 g/mol.